The summed E-state index contributed by atoms with van der Waals surface area (Å²) in [5.74, 6) is -1.83. The van der Waals surface area contributed by atoms with Crippen LogP contribution in [0.1, 0.15) is 53.0 Å². The van der Waals surface area contributed by atoms with Crippen molar-refractivity contribution in [2.75, 3.05) is 31.6 Å². The third-order valence-corrected chi connectivity index (χ3v) is 5.36. The van der Waals surface area contributed by atoms with E-state index in [2.05, 4.69) is 5.32 Å². The number of rotatable bonds is 6. The Labute approximate surface area is 186 Å². The molecule has 1 aliphatic heterocycles. The first-order chi connectivity index (χ1) is 15.1. The van der Waals surface area contributed by atoms with Gasteiger partial charge in [0, 0.05) is 43.3 Å². The second-order valence-electron chi connectivity index (χ2n) is 8.88. The lowest BCUT2D eigenvalue weighted by molar-refractivity contribution is -0.142. The number of esters is 1. The van der Waals surface area contributed by atoms with Crippen LogP contribution in [0, 0.1) is 11.6 Å². The van der Waals surface area contributed by atoms with E-state index in [1.165, 1.54) is 6.07 Å². The molecule has 2 aromatic rings. The van der Waals surface area contributed by atoms with E-state index in [4.69, 9.17) is 9.47 Å². The molecule has 2 heterocycles. The topological polar surface area (TPSA) is 72.8 Å². The average Bonchev–Trinajstić information content (AvgIpc) is 3.13. The van der Waals surface area contributed by atoms with Crippen LogP contribution in [0.3, 0.4) is 0 Å². The number of hydrogen-bond acceptors (Lipinski definition) is 5. The van der Waals surface area contributed by atoms with E-state index in [0.717, 1.165) is 0 Å². The largest absolute Gasteiger partial charge is 0.466 e. The molecular formula is C23H31F2N3O4. The zero-order chi connectivity index (χ0) is 23.5. The smallest absolute Gasteiger partial charge is 0.410 e. The quantitative estimate of drug-likeness (QED) is 0.636. The first-order valence-corrected chi connectivity index (χ1v) is 11.0. The van der Waals surface area contributed by atoms with E-state index in [-0.39, 0.29) is 37.4 Å². The summed E-state index contributed by atoms with van der Waals surface area (Å²) in [5, 5.41) is 2.98. The Balaban J connectivity index is 1.69. The number of carbonyl (C=O) groups is 2. The zero-order valence-corrected chi connectivity index (χ0v) is 19.0. The van der Waals surface area contributed by atoms with Gasteiger partial charge >= 0.3 is 12.1 Å². The number of amides is 1. The van der Waals surface area contributed by atoms with E-state index >= 15 is 4.39 Å². The van der Waals surface area contributed by atoms with Crippen LogP contribution in [0.15, 0.2) is 18.3 Å². The lowest BCUT2D eigenvalue weighted by Gasteiger charge is -2.34. The van der Waals surface area contributed by atoms with Crippen molar-refractivity contribution in [3.8, 4) is 0 Å². The molecule has 0 spiro atoms. The van der Waals surface area contributed by atoms with Crippen LogP contribution in [0.5, 0.6) is 0 Å². The first kappa shape index (κ1) is 23.8. The Morgan fingerprint density at radius 1 is 1.22 bits per heavy atom. The number of aromatic nitrogens is 1. The molecule has 1 amide bonds. The molecule has 32 heavy (non-hydrogen) atoms. The molecule has 1 saturated heterocycles. The highest BCUT2D eigenvalue weighted by atomic mass is 19.1. The summed E-state index contributed by atoms with van der Waals surface area (Å²) in [5.41, 5.74) is -0.340. The highest BCUT2D eigenvalue weighted by Crippen LogP contribution is 2.33. The summed E-state index contributed by atoms with van der Waals surface area (Å²) in [7, 11) is 0. The van der Waals surface area contributed by atoms with E-state index in [9.17, 15) is 14.0 Å². The molecule has 1 aromatic carbocycles. The third-order valence-electron chi connectivity index (χ3n) is 5.36. The molecule has 0 unspecified atom stereocenters. The zero-order valence-electron chi connectivity index (χ0n) is 19.0. The standard InChI is InChI=1S/C23H31F2N3O4/c1-5-31-19(29)6-10-26-21-17(24)14-18-16(20(21)25)9-13-28(18)15-7-11-27(12-8-15)22(30)32-23(2,3)4/h9,13-15,26H,5-8,10-12H2,1-4H3. The summed E-state index contributed by atoms with van der Waals surface area (Å²) in [6.45, 7) is 8.53. The number of benzene rings is 1. The normalized spacial score (nSPS) is 15.1. The summed E-state index contributed by atoms with van der Waals surface area (Å²) >= 11 is 0. The highest BCUT2D eigenvalue weighted by molar-refractivity contribution is 5.85. The van der Waals surface area contributed by atoms with Crippen LogP contribution in [0.2, 0.25) is 0 Å². The van der Waals surface area contributed by atoms with Gasteiger partial charge in [-0.15, -0.1) is 0 Å². The van der Waals surface area contributed by atoms with Gasteiger partial charge in [0.15, 0.2) is 11.6 Å². The van der Waals surface area contributed by atoms with Crippen molar-refractivity contribution in [2.45, 2.75) is 58.6 Å². The van der Waals surface area contributed by atoms with Crippen LogP contribution in [-0.4, -0.2) is 53.4 Å². The minimum absolute atomic E-state index is 0.0159. The fourth-order valence-corrected chi connectivity index (χ4v) is 3.89. The Morgan fingerprint density at radius 3 is 2.53 bits per heavy atom. The van der Waals surface area contributed by atoms with E-state index in [0.29, 0.717) is 36.8 Å². The van der Waals surface area contributed by atoms with Crippen LogP contribution in [-0.2, 0) is 14.3 Å². The minimum Gasteiger partial charge on any atom is -0.466 e. The van der Waals surface area contributed by atoms with Crippen molar-refractivity contribution in [2.24, 2.45) is 0 Å². The van der Waals surface area contributed by atoms with E-state index in [1.807, 2.05) is 25.3 Å². The molecule has 0 radical (unpaired) electrons. The molecule has 176 valence electrons. The Bertz CT molecular complexity index is 976. The lowest BCUT2D eigenvalue weighted by Crippen LogP contribution is -2.42. The average molecular weight is 452 g/mol. The molecule has 1 aliphatic rings. The Hall–Kier alpha value is -2.84. The van der Waals surface area contributed by atoms with E-state index < -0.39 is 23.2 Å². The predicted octanol–water partition coefficient (Wildman–Crippen LogP) is 4.86. The van der Waals surface area contributed by atoms with Gasteiger partial charge in [-0.1, -0.05) is 0 Å². The minimum atomic E-state index is -0.718. The molecule has 3 rings (SSSR count). The predicted molar refractivity (Wildman–Crippen MR) is 118 cm³/mol. The van der Waals surface area contributed by atoms with Crippen molar-refractivity contribution in [3.63, 3.8) is 0 Å². The number of nitrogens with zero attached hydrogens (tertiary/aromatic N) is 2. The number of hydrogen-bond donors (Lipinski definition) is 1. The van der Waals surface area contributed by atoms with Gasteiger partial charge in [0.1, 0.15) is 11.3 Å². The summed E-state index contributed by atoms with van der Waals surface area (Å²) in [4.78, 5) is 25.4. The van der Waals surface area contributed by atoms with Crippen LogP contribution >= 0.6 is 0 Å². The van der Waals surface area contributed by atoms with Crippen molar-refractivity contribution >= 4 is 28.7 Å². The SMILES string of the molecule is CCOC(=O)CCNc1c(F)cc2c(ccn2C2CCN(C(=O)OC(C)(C)C)CC2)c1F. The molecule has 7 nitrogen and oxygen atoms in total. The highest BCUT2D eigenvalue weighted by Gasteiger charge is 2.28. The third kappa shape index (κ3) is 5.49. The maximum absolute atomic E-state index is 15.0. The maximum atomic E-state index is 15.0. The second kappa shape index (κ2) is 9.75. The van der Waals surface area contributed by atoms with Gasteiger partial charge in [0.25, 0.3) is 0 Å². The molecular weight excluding hydrogens is 420 g/mol. The van der Waals surface area contributed by atoms with Crippen molar-refractivity contribution in [3.05, 3.63) is 30.0 Å². The number of piperidine rings is 1. The van der Waals surface area contributed by atoms with Gasteiger partial charge in [-0.05, 0) is 46.6 Å². The second-order valence-corrected chi connectivity index (χ2v) is 8.88. The number of anilines is 1. The fraction of sp³-hybridized carbons (Fsp3) is 0.565. The van der Waals surface area contributed by atoms with Crippen molar-refractivity contribution < 1.29 is 27.8 Å². The van der Waals surface area contributed by atoms with Gasteiger partial charge in [0.05, 0.1) is 18.5 Å². The number of nitrogens with one attached hydrogen (secondary N) is 1. The van der Waals surface area contributed by atoms with Gasteiger partial charge in [-0.3, -0.25) is 4.79 Å². The summed E-state index contributed by atoms with van der Waals surface area (Å²) < 4.78 is 41.8. The molecule has 0 saturated carbocycles. The molecule has 1 fully saturated rings. The van der Waals surface area contributed by atoms with Gasteiger partial charge in [0.2, 0.25) is 0 Å². The molecule has 0 aliphatic carbocycles. The van der Waals surface area contributed by atoms with Gasteiger partial charge < -0.3 is 24.3 Å². The van der Waals surface area contributed by atoms with Crippen molar-refractivity contribution in [1.29, 1.82) is 0 Å². The lowest BCUT2D eigenvalue weighted by atomic mass is 10.0. The Kier molecular flexibility index (Phi) is 7.26. The molecule has 9 heteroatoms. The van der Waals surface area contributed by atoms with Gasteiger partial charge in [-0.2, -0.15) is 0 Å². The number of fused-ring (bicyclic) bond motifs is 1. The monoisotopic (exact) mass is 451 g/mol. The summed E-state index contributed by atoms with van der Waals surface area (Å²) in [6.07, 6.45) is 2.74. The van der Waals surface area contributed by atoms with Crippen LogP contribution in [0.25, 0.3) is 10.9 Å². The fourth-order valence-electron chi connectivity index (χ4n) is 3.89. The van der Waals surface area contributed by atoms with Crippen molar-refractivity contribution in [1.82, 2.24) is 9.47 Å². The molecule has 1 aromatic heterocycles. The van der Waals surface area contributed by atoms with Crippen LogP contribution < -0.4 is 5.32 Å². The Morgan fingerprint density at radius 2 is 1.91 bits per heavy atom. The number of ether oxygens (including phenoxy) is 2. The molecule has 1 N–H and O–H groups in total. The number of carbonyl (C=O) groups excluding carboxylic acids is 2. The molecule has 0 atom stereocenters. The maximum Gasteiger partial charge on any atom is 0.410 e. The van der Waals surface area contributed by atoms with Crippen LogP contribution in [0.4, 0.5) is 19.3 Å². The molecule has 0 bridgehead atoms. The number of halogens is 2. The van der Waals surface area contributed by atoms with E-state index in [1.54, 1.807) is 24.1 Å². The number of likely N-dealkylation sites (tertiary alicyclic amines) is 1. The first-order valence-electron chi connectivity index (χ1n) is 11.0. The summed E-state index contributed by atoms with van der Waals surface area (Å²) in [6, 6.07) is 2.96. The van der Waals surface area contributed by atoms with Gasteiger partial charge in [-0.25, -0.2) is 13.6 Å².